The summed E-state index contributed by atoms with van der Waals surface area (Å²) < 4.78 is 1.77. The minimum absolute atomic E-state index is 0.127. The van der Waals surface area contributed by atoms with Crippen LogP contribution in [0.25, 0.3) is 5.69 Å². The third-order valence-corrected chi connectivity index (χ3v) is 4.56. The van der Waals surface area contributed by atoms with Gasteiger partial charge in [-0.1, -0.05) is 18.2 Å². The van der Waals surface area contributed by atoms with Crippen LogP contribution < -0.4 is 0 Å². The molecule has 2 aromatic rings. The lowest BCUT2D eigenvalue weighted by Crippen LogP contribution is -2.42. The summed E-state index contributed by atoms with van der Waals surface area (Å²) in [6.45, 7) is 4.55. The van der Waals surface area contributed by atoms with E-state index in [0.29, 0.717) is 30.6 Å². The molecule has 1 atom stereocenters. The number of hydrogen-bond donors (Lipinski definition) is 1. The Morgan fingerprint density at radius 3 is 2.58 bits per heavy atom. The Kier molecular flexibility index (Phi) is 4.38. The number of hydrogen-bond acceptors (Lipinski definition) is 3. The SMILES string of the molecule is Cc1nn(-c2ccccc2)c(C)c1C(=O)N1CCC[C@H](C(=O)O)C1. The van der Waals surface area contributed by atoms with Crippen molar-refractivity contribution in [2.45, 2.75) is 26.7 Å². The van der Waals surface area contributed by atoms with Crippen molar-refractivity contribution in [2.24, 2.45) is 5.92 Å². The minimum Gasteiger partial charge on any atom is -0.481 e. The molecule has 1 saturated heterocycles. The Bertz CT molecular complexity index is 767. The predicted octanol–water partition coefficient (Wildman–Crippen LogP) is 2.43. The van der Waals surface area contributed by atoms with Crippen LogP contribution in [0.4, 0.5) is 0 Å². The largest absolute Gasteiger partial charge is 0.481 e. The third-order valence-electron chi connectivity index (χ3n) is 4.56. The second kappa shape index (κ2) is 6.47. The van der Waals surface area contributed by atoms with Gasteiger partial charge in [0.15, 0.2) is 0 Å². The Labute approximate surface area is 140 Å². The van der Waals surface area contributed by atoms with Gasteiger partial charge in [-0.25, -0.2) is 4.68 Å². The van der Waals surface area contributed by atoms with E-state index < -0.39 is 11.9 Å². The number of aromatic nitrogens is 2. The molecule has 126 valence electrons. The number of aryl methyl sites for hydroxylation is 1. The molecule has 24 heavy (non-hydrogen) atoms. The van der Waals surface area contributed by atoms with Crippen LogP contribution >= 0.6 is 0 Å². The average Bonchev–Trinajstić information content (AvgIpc) is 2.89. The molecule has 6 nitrogen and oxygen atoms in total. The molecule has 0 bridgehead atoms. The van der Waals surface area contributed by atoms with Gasteiger partial charge in [-0.05, 0) is 38.8 Å². The zero-order chi connectivity index (χ0) is 17.3. The van der Waals surface area contributed by atoms with Gasteiger partial charge in [-0.2, -0.15) is 5.10 Å². The van der Waals surface area contributed by atoms with Gasteiger partial charge in [-0.3, -0.25) is 9.59 Å². The van der Waals surface area contributed by atoms with Gasteiger partial charge in [0, 0.05) is 13.1 Å². The van der Waals surface area contributed by atoms with Crippen LogP contribution in [0.3, 0.4) is 0 Å². The Hall–Kier alpha value is -2.63. The molecule has 0 radical (unpaired) electrons. The van der Waals surface area contributed by atoms with Crippen LogP contribution in [-0.4, -0.2) is 44.8 Å². The molecule has 6 heteroatoms. The van der Waals surface area contributed by atoms with E-state index in [4.69, 9.17) is 0 Å². The molecule has 3 rings (SSSR count). The van der Waals surface area contributed by atoms with Gasteiger partial charge >= 0.3 is 5.97 Å². The van der Waals surface area contributed by atoms with Crippen LogP contribution in [0.5, 0.6) is 0 Å². The van der Waals surface area contributed by atoms with Crippen molar-refractivity contribution in [3.63, 3.8) is 0 Å². The molecule has 0 aliphatic carbocycles. The van der Waals surface area contributed by atoms with Crippen molar-refractivity contribution in [1.82, 2.24) is 14.7 Å². The van der Waals surface area contributed by atoms with Crippen molar-refractivity contribution in [3.05, 3.63) is 47.3 Å². The van der Waals surface area contributed by atoms with E-state index in [0.717, 1.165) is 11.4 Å². The molecule has 0 unspecified atom stereocenters. The van der Waals surface area contributed by atoms with E-state index >= 15 is 0 Å². The number of amides is 1. The van der Waals surface area contributed by atoms with E-state index in [1.165, 1.54) is 0 Å². The van der Waals surface area contributed by atoms with Gasteiger partial charge in [0.25, 0.3) is 5.91 Å². The fourth-order valence-corrected chi connectivity index (χ4v) is 3.29. The van der Waals surface area contributed by atoms with Crippen molar-refractivity contribution in [2.75, 3.05) is 13.1 Å². The van der Waals surface area contributed by atoms with Gasteiger partial charge in [0.05, 0.1) is 28.6 Å². The summed E-state index contributed by atoms with van der Waals surface area (Å²) in [4.78, 5) is 25.8. The number of nitrogens with zero attached hydrogens (tertiary/aromatic N) is 3. The van der Waals surface area contributed by atoms with Crippen molar-refractivity contribution in [1.29, 1.82) is 0 Å². The summed E-state index contributed by atoms with van der Waals surface area (Å²) >= 11 is 0. The molecule has 1 aliphatic rings. The lowest BCUT2D eigenvalue weighted by Gasteiger charge is -2.30. The fourth-order valence-electron chi connectivity index (χ4n) is 3.29. The molecule has 1 aromatic carbocycles. The monoisotopic (exact) mass is 327 g/mol. The molecular formula is C18H21N3O3. The molecule has 0 spiro atoms. The van der Waals surface area contributed by atoms with Crippen LogP contribution in [0.1, 0.15) is 34.6 Å². The number of carbonyl (C=O) groups is 2. The second-order valence-corrected chi connectivity index (χ2v) is 6.22. The topological polar surface area (TPSA) is 75.4 Å². The molecule has 1 fully saturated rings. The summed E-state index contributed by atoms with van der Waals surface area (Å²) in [5.41, 5.74) is 2.92. The number of carboxylic acid groups (broad SMARTS) is 1. The van der Waals surface area contributed by atoms with Gasteiger partial charge in [0.2, 0.25) is 0 Å². The summed E-state index contributed by atoms with van der Waals surface area (Å²) in [5, 5.41) is 13.7. The number of aliphatic carboxylic acids is 1. The smallest absolute Gasteiger partial charge is 0.308 e. The molecule has 2 heterocycles. The highest BCUT2D eigenvalue weighted by atomic mass is 16.4. The maximum atomic E-state index is 12.9. The molecule has 0 saturated carbocycles. The van der Waals surface area contributed by atoms with E-state index in [1.54, 1.807) is 9.58 Å². The quantitative estimate of drug-likeness (QED) is 0.939. The summed E-state index contributed by atoms with van der Waals surface area (Å²) in [6, 6.07) is 9.66. The number of para-hydroxylation sites is 1. The fraction of sp³-hybridized carbons (Fsp3) is 0.389. The summed E-state index contributed by atoms with van der Waals surface area (Å²) in [7, 11) is 0. The Morgan fingerprint density at radius 1 is 1.21 bits per heavy atom. The average molecular weight is 327 g/mol. The number of carboxylic acids is 1. The first kappa shape index (κ1) is 16.2. The van der Waals surface area contributed by atoms with Crippen molar-refractivity contribution in [3.8, 4) is 5.69 Å². The highest BCUT2D eigenvalue weighted by Gasteiger charge is 2.31. The Balaban J connectivity index is 1.91. The van der Waals surface area contributed by atoms with Crippen LogP contribution in [0.15, 0.2) is 30.3 Å². The molecule has 1 N–H and O–H groups in total. The van der Waals surface area contributed by atoms with Crippen LogP contribution in [0, 0.1) is 19.8 Å². The normalized spacial score (nSPS) is 17.8. The number of carbonyl (C=O) groups excluding carboxylic acids is 1. The van der Waals surface area contributed by atoms with Crippen LogP contribution in [0.2, 0.25) is 0 Å². The van der Waals surface area contributed by atoms with Crippen molar-refractivity contribution < 1.29 is 14.7 Å². The standard InChI is InChI=1S/C18H21N3O3/c1-12-16(13(2)21(19-12)15-8-4-3-5-9-15)17(22)20-10-6-7-14(11-20)18(23)24/h3-5,8-9,14H,6-7,10-11H2,1-2H3,(H,23,24)/t14-/m0/s1. The van der Waals surface area contributed by atoms with Gasteiger partial charge in [-0.15, -0.1) is 0 Å². The lowest BCUT2D eigenvalue weighted by molar-refractivity contribution is -0.143. The van der Waals surface area contributed by atoms with Crippen LogP contribution in [-0.2, 0) is 4.79 Å². The summed E-state index contributed by atoms with van der Waals surface area (Å²) in [5.74, 6) is -1.44. The predicted molar refractivity (Wildman–Crippen MR) is 89.3 cm³/mol. The van der Waals surface area contributed by atoms with E-state index in [1.807, 2.05) is 44.2 Å². The molecule has 1 amide bonds. The molecular weight excluding hydrogens is 306 g/mol. The highest BCUT2D eigenvalue weighted by Crippen LogP contribution is 2.23. The first-order valence-electron chi connectivity index (χ1n) is 8.12. The number of piperidine rings is 1. The molecule has 1 aliphatic heterocycles. The van der Waals surface area contributed by atoms with E-state index in [9.17, 15) is 14.7 Å². The highest BCUT2D eigenvalue weighted by molar-refractivity contribution is 5.97. The maximum Gasteiger partial charge on any atom is 0.308 e. The summed E-state index contributed by atoms with van der Waals surface area (Å²) in [6.07, 6.45) is 1.34. The first-order chi connectivity index (χ1) is 11.5. The lowest BCUT2D eigenvalue weighted by atomic mass is 9.97. The van der Waals surface area contributed by atoms with E-state index in [-0.39, 0.29) is 12.5 Å². The molecule has 1 aromatic heterocycles. The minimum atomic E-state index is -0.832. The second-order valence-electron chi connectivity index (χ2n) is 6.22. The Morgan fingerprint density at radius 2 is 1.92 bits per heavy atom. The zero-order valence-electron chi connectivity index (χ0n) is 13.9. The van der Waals surface area contributed by atoms with Gasteiger partial charge < -0.3 is 10.0 Å². The number of benzene rings is 1. The first-order valence-corrected chi connectivity index (χ1v) is 8.12. The zero-order valence-corrected chi connectivity index (χ0v) is 13.9. The third kappa shape index (κ3) is 2.91. The van der Waals surface area contributed by atoms with Gasteiger partial charge in [0.1, 0.15) is 0 Å². The maximum absolute atomic E-state index is 12.9. The van der Waals surface area contributed by atoms with E-state index in [2.05, 4.69) is 5.10 Å². The number of rotatable bonds is 3. The van der Waals surface area contributed by atoms with Crippen molar-refractivity contribution >= 4 is 11.9 Å². The number of likely N-dealkylation sites (tertiary alicyclic amines) is 1.